The van der Waals surface area contributed by atoms with Crippen molar-refractivity contribution in [3.05, 3.63) is 64.7 Å². The van der Waals surface area contributed by atoms with Crippen molar-refractivity contribution in [1.82, 2.24) is 0 Å². The quantitative estimate of drug-likeness (QED) is 0.365. The molecule has 2 heteroatoms. The standard InChI is InChI=1S/C27H37NO/c1-6-9-18-28(19-10-7-2)26-16-13-23(14-17-26)12-15-25-20-22(4)24(11-8-3)21-27(25)29-5/h8,11-17,20-21H,6-7,9-10,18-19H2,1-5H3/b11-8+,15-12+. The highest BCUT2D eigenvalue weighted by Crippen LogP contribution is 2.27. The van der Waals surface area contributed by atoms with Crippen LogP contribution in [0.15, 0.2) is 42.5 Å². The second-order valence-corrected chi connectivity index (χ2v) is 7.57. The summed E-state index contributed by atoms with van der Waals surface area (Å²) in [6.45, 7) is 11.0. The molecule has 0 heterocycles. The van der Waals surface area contributed by atoms with Crippen LogP contribution in [0.5, 0.6) is 5.75 Å². The fourth-order valence-electron chi connectivity index (χ4n) is 3.44. The number of nitrogens with zero attached hydrogens (tertiary/aromatic N) is 1. The maximum Gasteiger partial charge on any atom is 0.126 e. The lowest BCUT2D eigenvalue weighted by molar-refractivity contribution is 0.413. The van der Waals surface area contributed by atoms with E-state index in [0.717, 1.165) is 24.4 Å². The zero-order valence-electron chi connectivity index (χ0n) is 18.9. The smallest absolute Gasteiger partial charge is 0.126 e. The predicted molar refractivity (Wildman–Crippen MR) is 130 cm³/mol. The molecule has 0 fully saturated rings. The fourth-order valence-corrected chi connectivity index (χ4v) is 3.44. The topological polar surface area (TPSA) is 12.5 Å². The van der Waals surface area contributed by atoms with Gasteiger partial charge in [-0.2, -0.15) is 0 Å². The van der Waals surface area contributed by atoms with Gasteiger partial charge in [0, 0.05) is 24.3 Å². The summed E-state index contributed by atoms with van der Waals surface area (Å²) in [5.74, 6) is 0.905. The molecule has 0 aliphatic carbocycles. The van der Waals surface area contributed by atoms with E-state index >= 15 is 0 Å². The molecule has 0 aromatic heterocycles. The van der Waals surface area contributed by atoms with E-state index in [2.05, 4.69) is 86.4 Å². The van der Waals surface area contributed by atoms with Crippen LogP contribution < -0.4 is 9.64 Å². The number of aryl methyl sites for hydroxylation is 1. The summed E-state index contributed by atoms with van der Waals surface area (Å²) in [6, 6.07) is 13.2. The molecule has 0 atom stereocenters. The first kappa shape index (κ1) is 22.8. The Morgan fingerprint density at radius 3 is 2.07 bits per heavy atom. The van der Waals surface area contributed by atoms with Crippen LogP contribution in [0.1, 0.15) is 68.7 Å². The summed E-state index contributed by atoms with van der Waals surface area (Å²) in [5.41, 5.74) is 6.09. The summed E-state index contributed by atoms with van der Waals surface area (Å²) >= 11 is 0. The molecule has 0 radical (unpaired) electrons. The van der Waals surface area contributed by atoms with E-state index in [1.165, 1.54) is 48.1 Å². The Labute approximate surface area is 177 Å². The number of anilines is 1. The summed E-state index contributed by atoms with van der Waals surface area (Å²) in [6.07, 6.45) is 13.4. The van der Waals surface area contributed by atoms with Gasteiger partial charge in [0.15, 0.2) is 0 Å². The number of allylic oxidation sites excluding steroid dienone is 1. The van der Waals surface area contributed by atoms with Gasteiger partial charge in [0.1, 0.15) is 5.75 Å². The van der Waals surface area contributed by atoms with Crippen LogP contribution in [0.3, 0.4) is 0 Å². The Bertz CT molecular complexity index is 794. The van der Waals surface area contributed by atoms with E-state index in [4.69, 9.17) is 4.74 Å². The number of unbranched alkanes of at least 4 members (excludes halogenated alkanes) is 2. The van der Waals surface area contributed by atoms with Crippen LogP contribution in [0.2, 0.25) is 0 Å². The first-order valence-corrected chi connectivity index (χ1v) is 11.0. The van der Waals surface area contributed by atoms with E-state index in [0.29, 0.717) is 0 Å². The molecule has 0 spiro atoms. The van der Waals surface area contributed by atoms with Crippen molar-refractivity contribution in [1.29, 1.82) is 0 Å². The summed E-state index contributed by atoms with van der Waals surface area (Å²) in [5, 5.41) is 0. The molecule has 0 saturated heterocycles. The first-order valence-electron chi connectivity index (χ1n) is 11.0. The third-order valence-electron chi connectivity index (χ3n) is 5.24. The minimum Gasteiger partial charge on any atom is -0.496 e. The molecule has 0 unspecified atom stereocenters. The van der Waals surface area contributed by atoms with Crippen molar-refractivity contribution >= 4 is 23.9 Å². The van der Waals surface area contributed by atoms with Gasteiger partial charge in [0.25, 0.3) is 0 Å². The van der Waals surface area contributed by atoms with Crippen LogP contribution in [-0.2, 0) is 0 Å². The maximum absolute atomic E-state index is 5.61. The molecule has 0 N–H and O–H groups in total. The molecule has 0 saturated carbocycles. The Morgan fingerprint density at radius 1 is 0.862 bits per heavy atom. The van der Waals surface area contributed by atoms with Gasteiger partial charge in [-0.05, 0) is 67.6 Å². The Balaban J connectivity index is 2.18. The monoisotopic (exact) mass is 391 g/mol. The second-order valence-electron chi connectivity index (χ2n) is 7.57. The molecule has 0 aliphatic heterocycles. The molecule has 156 valence electrons. The normalized spacial score (nSPS) is 11.5. The van der Waals surface area contributed by atoms with Crippen LogP contribution >= 0.6 is 0 Å². The van der Waals surface area contributed by atoms with Crippen LogP contribution in [0, 0.1) is 6.92 Å². The van der Waals surface area contributed by atoms with Crippen molar-refractivity contribution in [2.75, 3.05) is 25.1 Å². The van der Waals surface area contributed by atoms with Gasteiger partial charge >= 0.3 is 0 Å². The number of ether oxygens (including phenoxy) is 1. The zero-order chi connectivity index (χ0) is 21.1. The van der Waals surface area contributed by atoms with E-state index in [1.807, 2.05) is 6.92 Å². The average molecular weight is 392 g/mol. The molecular weight excluding hydrogens is 354 g/mol. The van der Waals surface area contributed by atoms with Gasteiger partial charge in [0.05, 0.1) is 7.11 Å². The molecular formula is C27H37NO. The number of rotatable bonds is 11. The minimum atomic E-state index is 0.905. The number of hydrogen-bond donors (Lipinski definition) is 0. The lowest BCUT2D eigenvalue weighted by Crippen LogP contribution is -2.25. The Hall–Kier alpha value is -2.48. The summed E-state index contributed by atoms with van der Waals surface area (Å²) in [4.78, 5) is 2.52. The summed E-state index contributed by atoms with van der Waals surface area (Å²) < 4.78 is 5.61. The molecule has 2 aromatic carbocycles. The van der Waals surface area contributed by atoms with Crippen LogP contribution in [0.25, 0.3) is 18.2 Å². The molecule has 0 aliphatic rings. The highest BCUT2D eigenvalue weighted by atomic mass is 16.5. The lowest BCUT2D eigenvalue weighted by atomic mass is 10.0. The molecule has 2 nitrogen and oxygen atoms in total. The second kappa shape index (κ2) is 12.2. The maximum atomic E-state index is 5.61. The van der Waals surface area contributed by atoms with Gasteiger partial charge in [-0.1, -0.05) is 63.1 Å². The molecule has 0 amide bonds. The van der Waals surface area contributed by atoms with Crippen molar-refractivity contribution in [3.8, 4) is 5.75 Å². The third-order valence-corrected chi connectivity index (χ3v) is 5.24. The summed E-state index contributed by atoms with van der Waals surface area (Å²) in [7, 11) is 1.73. The fraction of sp³-hybridized carbons (Fsp3) is 0.407. The molecule has 0 bridgehead atoms. The highest BCUT2D eigenvalue weighted by molar-refractivity contribution is 5.75. The van der Waals surface area contributed by atoms with Gasteiger partial charge in [0.2, 0.25) is 0 Å². The third kappa shape index (κ3) is 6.81. The van der Waals surface area contributed by atoms with E-state index in [-0.39, 0.29) is 0 Å². The SMILES string of the molecule is C/C=C/c1cc(OC)c(/C=C/c2ccc(N(CCCC)CCCC)cc2)cc1C. The van der Waals surface area contributed by atoms with Gasteiger partial charge < -0.3 is 9.64 Å². The first-order chi connectivity index (χ1) is 14.1. The van der Waals surface area contributed by atoms with Crippen LogP contribution in [0.4, 0.5) is 5.69 Å². The van der Waals surface area contributed by atoms with Crippen molar-refractivity contribution in [2.45, 2.75) is 53.4 Å². The van der Waals surface area contributed by atoms with E-state index < -0.39 is 0 Å². The van der Waals surface area contributed by atoms with Crippen molar-refractivity contribution in [3.63, 3.8) is 0 Å². The predicted octanol–water partition coefficient (Wildman–Crippen LogP) is 7.61. The zero-order valence-corrected chi connectivity index (χ0v) is 18.9. The molecule has 29 heavy (non-hydrogen) atoms. The van der Waals surface area contributed by atoms with Crippen molar-refractivity contribution in [2.24, 2.45) is 0 Å². The lowest BCUT2D eigenvalue weighted by Gasteiger charge is -2.24. The molecule has 2 aromatic rings. The largest absolute Gasteiger partial charge is 0.496 e. The van der Waals surface area contributed by atoms with Gasteiger partial charge in [-0.15, -0.1) is 0 Å². The van der Waals surface area contributed by atoms with Gasteiger partial charge in [-0.25, -0.2) is 0 Å². The number of methoxy groups -OCH3 is 1. The Morgan fingerprint density at radius 2 is 1.52 bits per heavy atom. The van der Waals surface area contributed by atoms with Crippen LogP contribution in [-0.4, -0.2) is 20.2 Å². The minimum absolute atomic E-state index is 0.905. The van der Waals surface area contributed by atoms with Gasteiger partial charge in [-0.3, -0.25) is 0 Å². The Kier molecular flexibility index (Phi) is 9.56. The number of benzene rings is 2. The average Bonchev–Trinajstić information content (AvgIpc) is 2.74. The number of hydrogen-bond acceptors (Lipinski definition) is 2. The van der Waals surface area contributed by atoms with Crippen molar-refractivity contribution < 1.29 is 4.74 Å². The molecule has 2 rings (SSSR count). The van der Waals surface area contributed by atoms with E-state index in [9.17, 15) is 0 Å². The van der Waals surface area contributed by atoms with E-state index in [1.54, 1.807) is 7.11 Å². The highest BCUT2D eigenvalue weighted by Gasteiger charge is 2.06.